The lowest BCUT2D eigenvalue weighted by molar-refractivity contribution is -0.143. The minimum Gasteiger partial charge on any atom is -0.481 e. The molecule has 0 saturated carbocycles. The van der Waals surface area contributed by atoms with Gasteiger partial charge in [-0.1, -0.05) is 37.5 Å². The van der Waals surface area contributed by atoms with E-state index in [9.17, 15) is 19.0 Å². The van der Waals surface area contributed by atoms with E-state index in [4.69, 9.17) is 10.2 Å². The van der Waals surface area contributed by atoms with E-state index in [-0.39, 0.29) is 19.0 Å². The fraction of sp³-hybridized carbons (Fsp3) is 0.474. The third kappa shape index (κ3) is 6.22. The van der Waals surface area contributed by atoms with Crippen LogP contribution in [0.4, 0.5) is 0 Å². The van der Waals surface area contributed by atoms with E-state index in [0.29, 0.717) is 24.6 Å². The first kappa shape index (κ1) is 21.2. The van der Waals surface area contributed by atoms with Crippen molar-refractivity contribution >= 4 is 35.5 Å². The largest absolute Gasteiger partial charge is 0.481 e. The van der Waals surface area contributed by atoms with E-state index in [0.717, 1.165) is 23.7 Å². The lowest BCUT2D eigenvalue weighted by Gasteiger charge is -2.12. The number of aromatic amines is 1. The minimum absolute atomic E-state index is 0.136. The van der Waals surface area contributed by atoms with E-state index < -0.39 is 25.2 Å². The molecule has 0 amide bonds. The number of benzene rings is 1. The molecule has 0 bridgehead atoms. The molecule has 148 valence electrons. The molecule has 0 spiro atoms. The van der Waals surface area contributed by atoms with Crippen LogP contribution in [0.15, 0.2) is 30.5 Å². The molecule has 1 aromatic carbocycles. The summed E-state index contributed by atoms with van der Waals surface area (Å²) < 4.78 is 12.7. The summed E-state index contributed by atoms with van der Waals surface area (Å²) >= 11 is 0. The minimum atomic E-state index is -3.44. The van der Waals surface area contributed by atoms with Crippen LogP contribution < -0.4 is 5.30 Å². The standard InChI is InChI=1S/C19H26NO6P/c21-18(22)11-10-14(19(23)24)7-3-1-2-6-12-27(25,26)17-13-20-16-9-5-4-8-15(16)17/h4-5,8-9,13-14,20H,1-3,6-7,10-12H2,(H,21,22)(H,23,24)(H,25,26). The van der Waals surface area contributed by atoms with Gasteiger partial charge in [0.2, 0.25) is 7.37 Å². The molecule has 0 aliphatic carbocycles. The molecule has 7 nitrogen and oxygen atoms in total. The van der Waals surface area contributed by atoms with Crippen LogP contribution in [0.25, 0.3) is 10.9 Å². The fourth-order valence-electron chi connectivity index (χ4n) is 3.23. The Bertz CT molecular complexity index is 830. The molecule has 27 heavy (non-hydrogen) atoms. The number of carboxylic acid groups (broad SMARTS) is 2. The van der Waals surface area contributed by atoms with Gasteiger partial charge in [0.1, 0.15) is 0 Å². The Morgan fingerprint density at radius 2 is 1.74 bits per heavy atom. The number of carboxylic acids is 2. The van der Waals surface area contributed by atoms with Crippen molar-refractivity contribution in [3.8, 4) is 0 Å². The zero-order valence-corrected chi connectivity index (χ0v) is 16.0. The summed E-state index contributed by atoms with van der Waals surface area (Å²) in [5.74, 6) is -2.59. The Labute approximate surface area is 157 Å². The first-order valence-corrected chi connectivity index (χ1v) is 11.0. The van der Waals surface area contributed by atoms with Crippen LogP contribution in [0.1, 0.15) is 44.9 Å². The van der Waals surface area contributed by atoms with Crippen LogP contribution in [0.2, 0.25) is 0 Å². The van der Waals surface area contributed by atoms with Gasteiger partial charge in [0.15, 0.2) is 0 Å². The first-order valence-electron chi connectivity index (χ1n) is 9.14. The number of aromatic nitrogens is 1. The van der Waals surface area contributed by atoms with Crippen molar-refractivity contribution in [2.75, 3.05) is 6.16 Å². The zero-order valence-electron chi connectivity index (χ0n) is 15.1. The van der Waals surface area contributed by atoms with Crippen molar-refractivity contribution < 1.29 is 29.3 Å². The maximum absolute atomic E-state index is 12.7. The van der Waals surface area contributed by atoms with Gasteiger partial charge in [-0.2, -0.15) is 0 Å². The van der Waals surface area contributed by atoms with Gasteiger partial charge in [0, 0.05) is 29.7 Å². The summed E-state index contributed by atoms with van der Waals surface area (Å²) in [6, 6.07) is 7.39. The zero-order chi connectivity index (χ0) is 19.9. The number of hydrogen-bond donors (Lipinski definition) is 4. The Kier molecular flexibility index (Phi) is 7.63. The normalized spacial score (nSPS) is 14.7. The predicted octanol–water partition coefficient (Wildman–Crippen LogP) is 3.58. The highest BCUT2D eigenvalue weighted by molar-refractivity contribution is 7.66. The highest BCUT2D eigenvalue weighted by Gasteiger charge is 2.24. The van der Waals surface area contributed by atoms with Crippen molar-refractivity contribution in [2.24, 2.45) is 5.92 Å². The van der Waals surface area contributed by atoms with Crippen molar-refractivity contribution in [3.05, 3.63) is 30.5 Å². The molecule has 1 heterocycles. The van der Waals surface area contributed by atoms with Crippen molar-refractivity contribution in [1.82, 2.24) is 4.98 Å². The van der Waals surface area contributed by atoms with Crippen LogP contribution in [-0.4, -0.2) is 38.2 Å². The van der Waals surface area contributed by atoms with Gasteiger partial charge in [-0.05, 0) is 25.3 Å². The number of carbonyl (C=O) groups is 2. The number of hydrogen-bond acceptors (Lipinski definition) is 3. The summed E-state index contributed by atoms with van der Waals surface area (Å²) in [6.07, 6.45) is 4.96. The third-order valence-electron chi connectivity index (χ3n) is 4.76. The number of rotatable bonds is 12. The fourth-order valence-corrected chi connectivity index (χ4v) is 4.96. The average Bonchev–Trinajstić information content (AvgIpc) is 3.04. The van der Waals surface area contributed by atoms with Crippen LogP contribution >= 0.6 is 7.37 Å². The highest BCUT2D eigenvalue weighted by atomic mass is 31.2. The summed E-state index contributed by atoms with van der Waals surface area (Å²) in [4.78, 5) is 35.1. The smallest absolute Gasteiger partial charge is 0.306 e. The molecule has 8 heteroatoms. The van der Waals surface area contributed by atoms with Crippen molar-refractivity contribution in [2.45, 2.75) is 44.9 Å². The Hall–Kier alpha value is -2.11. The Morgan fingerprint density at radius 1 is 1.04 bits per heavy atom. The molecule has 1 aromatic heterocycles. The quantitative estimate of drug-likeness (QED) is 0.321. The number of unbranched alkanes of at least 4 members (excludes halogenated alkanes) is 3. The highest BCUT2D eigenvalue weighted by Crippen LogP contribution is 2.42. The molecule has 2 unspecified atom stereocenters. The number of fused-ring (bicyclic) bond motifs is 1. The van der Waals surface area contributed by atoms with Gasteiger partial charge >= 0.3 is 11.9 Å². The van der Waals surface area contributed by atoms with E-state index in [1.165, 1.54) is 0 Å². The second kappa shape index (κ2) is 9.72. The molecule has 0 radical (unpaired) electrons. The lowest BCUT2D eigenvalue weighted by atomic mass is 9.96. The van der Waals surface area contributed by atoms with Crippen LogP contribution in [0.5, 0.6) is 0 Å². The molecular weight excluding hydrogens is 369 g/mol. The van der Waals surface area contributed by atoms with Gasteiger partial charge in [-0.3, -0.25) is 14.2 Å². The second-order valence-corrected chi connectivity index (χ2v) is 9.15. The van der Waals surface area contributed by atoms with Gasteiger partial charge in [0.05, 0.1) is 11.2 Å². The number of nitrogens with one attached hydrogen (secondary N) is 1. The summed E-state index contributed by atoms with van der Waals surface area (Å²) in [6.45, 7) is 0. The molecule has 0 aliphatic rings. The molecular formula is C19H26NO6P. The van der Waals surface area contributed by atoms with Gasteiger partial charge < -0.3 is 20.1 Å². The maximum atomic E-state index is 12.7. The summed E-state index contributed by atoms with van der Waals surface area (Å²) in [5, 5.41) is 19.0. The molecule has 2 atom stereocenters. The van der Waals surface area contributed by atoms with E-state index in [2.05, 4.69) is 4.98 Å². The second-order valence-electron chi connectivity index (χ2n) is 6.82. The summed E-state index contributed by atoms with van der Waals surface area (Å²) in [5.41, 5.74) is 0.836. The van der Waals surface area contributed by atoms with E-state index in [1.54, 1.807) is 6.20 Å². The van der Waals surface area contributed by atoms with Gasteiger partial charge in [-0.15, -0.1) is 0 Å². The van der Waals surface area contributed by atoms with E-state index >= 15 is 0 Å². The van der Waals surface area contributed by atoms with Crippen molar-refractivity contribution in [3.63, 3.8) is 0 Å². The molecule has 0 saturated heterocycles. The number of H-pyrrole nitrogens is 1. The molecule has 4 N–H and O–H groups in total. The van der Waals surface area contributed by atoms with Crippen LogP contribution in [0.3, 0.4) is 0 Å². The monoisotopic (exact) mass is 395 g/mol. The number of aliphatic carboxylic acids is 2. The molecule has 2 aromatic rings. The van der Waals surface area contributed by atoms with Gasteiger partial charge in [-0.25, -0.2) is 0 Å². The van der Waals surface area contributed by atoms with E-state index in [1.807, 2.05) is 24.3 Å². The maximum Gasteiger partial charge on any atom is 0.306 e. The lowest BCUT2D eigenvalue weighted by Crippen LogP contribution is -2.15. The first-order chi connectivity index (χ1) is 12.8. The molecule has 0 aliphatic heterocycles. The van der Waals surface area contributed by atoms with Gasteiger partial charge in [0.25, 0.3) is 0 Å². The predicted molar refractivity (Wildman–Crippen MR) is 104 cm³/mol. The average molecular weight is 395 g/mol. The summed E-state index contributed by atoms with van der Waals surface area (Å²) in [7, 11) is -3.44. The topological polar surface area (TPSA) is 128 Å². The third-order valence-corrected chi connectivity index (χ3v) is 6.81. The van der Waals surface area contributed by atoms with Crippen molar-refractivity contribution in [1.29, 1.82) is 0 Å². The Morgan fingerprint density at radius 3 is 2.44 bits per heavy atom. The molecule has 0 fully saturated rings. The van der Waals surface area contributed by atoms with Crippen LogP contribution in [0, 0.1) is 5.92 Å². The SMILES string of the molecule is O=C(O)CCC(CCCCCCP(=O)(O)c1c[nH]c2ccccc12)C(=O)O. The number of para-hydroxylation sites is 1. The Balaban J connectivity index is 1.75. The molecule has 2 rings (SSSR count). The van der Waals surface area contributed by atoms with Crippen LogP contribution in [-0.2, 0) is 14.2 Å².